The minimum atomic E-state index is -0.842. The van der Waals surface area contributed by atoms with Gasteiger partial charge in [0, 0.05) is 42.3 Å². The number of nitrogens with zero attached hydrogens (tertiary/aromatic N) is 5. The van der Waals surface area contributed by atoms with Gasteiger partial charge in [0.05, 0.1) is 37.7 Å². The number of aromatic nitrogens is 3. The van der Waals surface area contributed by atoms with Gasteiger partial charge in [-0.2, -0.15) is 4.99 Å². The second kappa shape index (κ2) is 17.2. The molecule has 0 aliphatic rings. The van der Waals surface area contributed by atoms with Gasteiger partial charge >= 0.3 is 18.2 Å². The van der Waals surface area contributed by atoms with E-state index in [1.54, 1.807) is 92.0 Å². The number of carbonyl (C=O) groups excluding carboxylic acids is 4. The highest BCUT2D eigenvalue weighted by atomic mass is 16.6. The van der Waals surface area contributed by atoms with Crippen molar-refractivity contribution in [3.63, 3.8) is 0 Å². The lowest BCUT2D eigenvalue weighted by atomic mass is 10.1. The summed E-state index contributed by atoms with van der Waals surface area (Å²) in [6.45, 7) is 2.43. The standard InChI is InChI=1S/C37H38N8O7/c1-4-51-36(48)41-28-13-8-24(9-14-28)23-52-37(49)43-34(38)25-10-15-27(16-11-25)40-22-32-42-29-21-26(12-17-30(29)44(32)2)35(47)45(20-18-33(46)50-3)31-7-5-6-19-39-31/h5-17,19,21,40H,4,18,20,22-23H2,1-3H3,(H,41,48)(H2,38,43,49). The summed E-state index contributed by atoms with van der Waals surface area (Å²) in [6.07, 6.45) is 0.208. The number of rotatable bonds is 13. The van der Waals surface area contributed by atoms with E-state index in [0.717, 1.165) is 17.0 Å². The molecule has 0 bridgehead atoms. The first-order valence-corrected chi connectivity index (χ1v) is 16.3. The molecule has 52 heavy (non-hydrogen) atoms. The zero-order valence-corrected chi connectivity index (χ0v) is 28.9. The SMILES string of the molecule is CCOC(=O)Nc1ccc(COC(=O)/N=C(\N)c2ccc(NCc3nc4cc(C(=O)N(CCC(=O)OC)c5ccccn5)ccc4n3C)cc2)cc1. The molecule has 0 atom stereocenters. The predicted molar refractivity (Wildman–Crippen MR) is 195 cm³/mol. The maximum absolute atomic E-state index is 13.6. The van der Waals surface area contributed by atoms with Gasteiger partial charge in [0.1, 0.15) is 24.1 Å². The number of nitrogens with one attached hydrogen (secondary N) is 2. The van der Waals surface area contributed by atoms with E-state index in [1.165, 1.54) is 12.0 Å². The molecule has 0 saturated heterocycles. The van der Waals surface area contributed by atoms with Gasteiger partial charge in [-0.3, -0.25) is 19.8 Å². The Morgan fingerprint density at radius 1 is 0.923 bits per heavy atom. The van der Waals surface area contributed by atoms with Crippen molar-refractivity contribution in [2.24, 2.45) is 17.8 Å². The van der Waals surface area contributed by atoms with Crippen molar-refractivity contribution in [3.8, 4) is 0 Å². The molecule has 3 amide bonds. The van der Waals surface area contributed by atoms with Crippen LogP contribution in [0.4, 0.5) is 26.8 Å². The molecule has 5 rings (SSSR count). The van der Waals surface area contributed by atoms with Crippen molar-refractivity contribution in [3.05, 3.63) is 114 Å². The summed E-state index contributed by atoms with van der Waals surface area (Å²) in [5, 5.41) is 5.91. The fourth-order valence-corrected chi connectivity index (χ4v) is 5.08. The third-order valence-corrected chi connectivity index (χ3v) is 7.84. The summed E-state index contributed by atoms with van der Waals surface area (Å²) in [6, 6.07) is 24.3. The minimum absolute atomic E-state index is 0.00172. The van der Waals surface area contributed by atoms with Gasteiger partial charge in [0.2, 0.25) is 0 Å². The van der Waals surface area contributed by atoms with Crippen molar-refractivity contribution >= 4 is 58.1 Å². The van der Waals surface area contributed by atoms with Crippen LogP contribution in [-0.4, -0.2) is 64.7 Å². The quantitative estimate of drug-likeness (QED) is 0.0615. The van der Waals surface area contributed by atoms with Crippen LogP contribution in [0.2, 0.25) is 0 Å². The van der Waals surface area contributed by atoms with E-state index in [1.807, 2.05) is 17.7 Å². The molecule has 5 aromatic rings. The zero-order chi connectivity index (χ0) is 37.0. The highest BCUT2D eigenvalue weighted by molar-refractivity contribution is 6.07. The second-order valence-corrected chi connectivity index (χ2v) is 11.3. The number of hydrogen-bond acceptors (Lipinski definition) is 10. The zero-order valence-electron chi connectivity index (χ0n) is 28.9. The fourth-order valence-electron chi connectivity index (χ4n) is 5.08. The van der Waals surface area contributed by atoms with Gasteiger partial charge in [0.25, 0.3) is 5.91 Å². The van der Waals surface area contributed by atoms with Crippen molar-refractivity contribution in [2.45, 2.75) is 26.5 Å². The molecule has 0 saturated carbocycles. The molecular weight excluding hydrogens is 668 g/mol. The summed E-state index contributed by atoms with van der Waals surface area (Å²) in [7, 11) is 3.20. The van der Waals surface area contributed by atoms with Gasteiger partial charge < -0.3 is 29.8 Å². The fraction of sp³-hybridized carbons (Fsp3) is 0.216. The Labute approximate surface area is 299 Å². The molecule has 0 fully saturated rings. The molecule has 0 radical (unpaired) electrons. The molecule has 0 aliphatic carbocycles. The van der Waals surface area contributed by atoms with Crippen molar-refractivity contribution in [1.29, 1.82) is 0 Å². The van der Waals surface area contributed by atoms with Crippen LogP contribution in [0.15, 0.2) is 96.1 Å². The van der Waals surface area contributed by atoms with Crippen LogP contribution in [0.25, 0.3) is 11.0 Å². The number of carbonyl (C=O) groups is 4. The van der Waals surface area contributed by atoms with Crippen molar-refractivity contribution in [1.82, 2.24) is 14.5 Å². The molecule has 0 unspecified atom stereocenters. The molecule has 268 valence electrons. The number of benzene rings is 3. The number of ether oxygens (including phenoxy) is 3. The second-order valence-electron chi connectivity index (χ2n) is 11.3. The Kier molecular flexibility index (Phi) is 12.1. The van der Waals surface area contributed by atoms with Crippen LogP contribution >= 0.6 is 0 Å². The van der Waals surface area contributed by atoms with E-state index in [2.05, 4.69) is 20.6 Å². The summed E-state index contributed by atoms with van der Waals surface area (Å²) in [5.41, 5.74) is 10.5. The first-order chi connectivity index (χ1) is 25.1. The normalized spacial score (nSPS) is 11.1. The highest BCUT2D eigenvalue weighted by Crippen LogP contribution is 2.22. The number of aryl methyl sites for hydroxylation is 1. The van der Waals surface area contributed by atoms with Crippen molar-refractivity contribution < 1.29 is 33.4 Å². The Hall–Kier alpha value is -6.77. The number of fused-ring (bicyclic) bond motifs is 1. The van der Waals surface area contributed by atoms with E-state index in [0.29, 0.717) is 40.3 Å². The number of pyridine rings is 1. The maximum atomic E-state index is 13.6. The topological polar surface area (TPSA) is 192 Å². The van der Waals surface area contributed by atoms with Crippen molar-refractivity contribution in [2.75, 3.05) is 35.8 Å². The number of aliphatic imine (C=N–C) groups is 1. The molecule has 0 spiro atoms. The maximum Gasteiger partial charge on any atom is 0.435 e. The number of hydrogen-bond donors (Lipinski definition) is 3. The lowest BCUT2D eigenvalue weighted by Gasteiger charge is -2.21. The predicted octanol–water partition coefficient (Wildman–Crippen LogP) is 5.40. The first-order valence-electron chi connectivity index (χ1n) is 16.3. The van der Waals surface area contributed by atoms with E-state index < -0.39 is 18.2 Å². The van der Waals surface area contributed by atoms with Crippen LogP contribution < -0.4 is 21.3 Å². The number of anilines is 3. The molecule has 15 heteroatoms. The van der Waals surface area contributed by atoms with Gasteiger partial charge in [0.15, 0.2) is 0 Å². The van der Waals surface area contributed by atoms with E-state index >= 15 is 0 Å². The van der Waals surface area contributed by atoms with Gasteiger partial charge in [-0.25, -0.2) is 19.6 Å². The summed E-state index contributed by atoms with van der Waals surface area (Å²) in [4.78, 5) is 63.6. The smallest absolute Gasteiger partial charge is 0.435 e. The molecule has 15 nitrogen and oxygen atoms in total. The summed E-state index contributed by atoms with van der Waals surface area (Å²) in [5.74, 6) is 0.401. The molecular formula is C37H38N8O7. The minimum Gasteiger partial charge on any atom is -0.469 e. The van der Waals surface area contributed by atoms with Gasteiger partial charge in [-0.1, -0.05) is 18.2 Å². The number of nitrogens with two attached hydrogens (primary N) is 1. The summed E-state index contributed by atoms with van der Waals surface area (Å²) >= 11 is 0. The molecule has 2 aromatic heterocycles. The number of amidine groups is 1. The van der Waals surface area contributed by atoms with Crippen LogP contribution in [0.5, 0.6) is 0 Å². The number of methoxy groups -OCH3 is 1. The Morgan fingerprint density at radius 3 is 2.35 bits per heavy atom. The number of imidazole rings is 1. The lowest BCUT2D eigenvalue weighted by molar-refractivity contribution is -0.140. The molecule has 0 aliphatic heterocycles. The first kappa shape index (κ1) is 36.5. The monoisotopic (exact) mass is 706 g/mol. The third kappa shape index (κ3) is 9.47. The molecule has 3 aromatic carbocycles. The van der Waals surface area contributed by atoms with Crippen LogP contribution in [0.3, 0.4) is 0 Å². The van der Waals surface area contributed by atoms with E-state index in [4.69, 9.17) is 24.9 Å². The highest BCUT2D eigenvalue weighted by Gasteiger charge is 2.21. The van der Waals surface area contributed by atoms with Crippen LogP contribution in [-0.2, 0) is 39.2 Å². The Morgan fingerprint density at radius 2 is 1.65 bits per heavy atom. The third-order valence-electron chi connectivity index (χ3n) is 7.84. The average Bonchev–Trinajstić information content (AvgIpc) is 3.48. The Bertz CT molecular complexity index is 2060. The largest absolute Gasteiger partial charge is 0.469 e. The van der Waals surface area contributed by atoms with Crippen LogP contribution in [0, 0.1) is 0 Å². The molecule has 4 N–H and O–H groups in total. The van der Waals surface area contributed by atoms with E-state index in [9.17, 15) is 19.2 Å². The van der Waals surface area contributed by atoms with Gasteiger partial charge in [-0.05, 0) is 79.2 Å². The Balaban J connectivity index is 1.17. The lowest BCUT2D eigenvalue weighted by Crippen LogP contribution is -2.33. The average molecular weight is 707 g/mol. The molecule has 2 heterocycles. The summed E-state index contributed by atoms with van der Waals surface area (Å²) < 4.78 is 16.8. The number of amides is 3. The van der Waals surface area contributed by atoms with E-state index in [-0.39, 0.29) is 37.9 Å². The number of esters is 1. The van der Waals surface area contributed by atoms with Gasteiger partial charge in [-0.15, -0.1) is 0 Å². The van der Waals surface area contributed by atoms with Crippen LogP contribution in [0.1, 0.15) is 40.7 Å².